The van der Waals surface area contributed by atoms with E-state index in [4.69, 9.17) is 9.15 Å². The summed E-state index contributed by atoms with van der Waals surface area (Å²) in [6, 6.07) is 6.84. The molecule has 3 rings (SSSR count). The SMILES string of the molecule is CC(=O)NCc1ccc(S(=O)(=O)NCC(c2ccc(C)o2)N2CCOCC2)s1. The molecule has 28 heavy (non-hydrogen) atoms. The molecule has 2 aromatic heterocycles. The van der Waals surface area contributed by atoms with Gasteiger partial charge in [-0.3, -0.25) is 9.69 Å². The van der Waals surface area contributed by atoms with E-state index in [9.17, 15) is 13.2 Å². The number of morpholine rings is 1. The summed E-state index contributed by atoms with van der Waals surface area (Å²) in [5.41, 5.74) is 0. The van der Waals surface area contributed by atoms with Gasteiger partial charge in [-0.1, -0.05) is 0 Å². The van der Waals surface area contributed by atoms with E-state index in [1.807, 2.05) is 19.1 Å². The minimum atomic E-state index is -3.66. The van der Waals surface area contributed by atoms with E-state index in [0.717, 1.165) is 27.7 Å². The lowest BCUT2D eigenvalue weighted by molar-refractivity contribution is -0.119. The van der Waals surface area contributed by atoms with Crippen molar-refractivity contribution >= 4 is 27.3 Å². The van der Waals surface area contributed by atoms with Gasteiger partial charge in [0.05, 0.1) is 25.8 Å². The quantitative estimate of drug-likeness (QED) is 0.664. The van der Waals surface area contributed by atoms with E-state index in [-0.39, 0.29) is 22.7 Å². The maximum absolute atomic E-state index is 12.7. The fourth-order valence-corrected chi connectivity index (χ4v) is 5.38. The van der Waals surface area contributed by atoms with Crippen molar-refractivity contribution in [2.45, 2.75) is 30.6 Å². The third-order valence-corrected chi connectivity index (χ3v) is 7.46. The maximum atomic E-state index is 12.7. The molecule has 1 unspecified atom stereocenters. The minimum Gasteiger partial charge on any atom is -0.465 e. The molecule has 0 aliphatic carbocycles. The fourth-order valence-electron chi connectivity index (χ4n) is 3.00. The second-order valence-electron chi connectivity index (χ2n) is 6.59. The highest BCUT2D eigenvalue weighted by Crippen LogP contribution is 2.25. The molecule has 2 aromatic rings. The Bertz CT molecular complexity index is 900. The van der Waals surface area contributed by atoms with Crippen LogP contribution in [0.2, 0.25) is 0 Å². The number of rotatable bonds is 8. The molecule has 1 fully saturated rings. The molecule has 1 aliphatic rings. The number of carbonyl (C=O) groups excluding carboxylic acids is 1. The maximum Gasteiger partial charge on any atom is 0.250 e. The minimum absolute atomic E-state index is 0.155. The van der Waals surface area contributed by atoms with Crippen molar-refractivity contribution in [3.63, 3.8) is 0 Å². The Morgan fingerprint density at radius 1 is 1.25 bits per heavy atom. The lowest BCUT2D eigenvalue weighted by atomic mass is 10.2. The first-order valence-corrected chi connectivity index (χ1v) is 11.4. The number of amides is 1. The molecule has 8 nitrogen and oxygen atoms in total. The number of nitrogens with zero attached hydrogens (tertiary/aromatic N) is 1. The average Bonchev–Trinajstić information content (AvgIpc) is 3.31. The van der Waals surface area contributed by atoms with Crippen LogP contribution in [0.4, 0.5) is 0 Å². The van der Waals surface area contributed by atoms with Crippen LogP contribution in [-0.4, -0.2) is 52.1 Å². The lowest BCUT2D eigenvalue weighted by Gasteiger charge is -2.33. The van der Waals surface area contributed by atoms with E-state index in [0.29, 0.717) is 32.8 Å². The van der Waals surface area contributed by atoms with Crippen molar-refractivity contribution in [2.75, 3.05) is 32.8 Å². The summed E-state index contributed by atoms with van der Waals surface area (Å²) >= 11 is 1.15. The number of aryl methyl sites for hydroxylation is 1. The molecule has 2 N–H and O–H groups in total. The van der Waals surface area contributed by atoms with Crippen molar-refractivity contribution in [3.05, 3.63) is 40.7 Å². The number of nitrogens with one attached hydrogen (secondary N) is 2. The van der Waals surface area contributed by atoms with Gasteiger partial charge in [0, 0.05) is 31.4 Å². The highest BCUT2D eigenvalue weighted by molar-refractivity contribution is 7.91. The van der Waals surface area contributed by atoms with Gasteiger partial charge in [-0.15, -0.1) is 11.3 Å². The van der Waals surface area contributed by atoms with Crippen molar-refractivity contribution in [3.8, 4) is 0 Å². The normalized spacial score (nSPS) is 16.8. The van der Waals surface area contributed by atoms with Crippen LogP contribution in [0.1, 0.15) is 29.4 Å². The molecular formula is C18H25N3O5S2. The van der Waals surface area contributed by atoms with Gasteiger partial charge in [0.1, 0.15) is 15.7 Å². The monoisotopic (exact) mass is 427 g/mol. The molecule has 0 spiro atoms. The van der Waals surface area contributed by atoms with Crippen LogP contribution in [0, 0.1) is 6.92 Å². The Balaban J connectivity index is 1.70. The predicted octanol–water partition coefficient (Wildman–Crippen LogP) is 1.64. The molecule has 154 valence electrons. The number of hydrogen-bond acceptors (Lipinski definition) is 7. The van der Waals surface area contributed by atoms with Crippen molar-refractivity contribution in [1.82, 2.24) is 14.9 Å². The largest absolute Gasteiger partial charge is 0.465 e. The van der Waals surface area contributed by atoms with Gasteiger partial charge in [0.25, 0.3) is 0 Å². The van der Waals surface area contributed by atoms with E-state index < -0.39 is 10.0 Å². The molecule has 3 heterocycles. The summed E-state index contributed by atoms with van der Waals surface area (Å²) in [4.78, 5) is 14.0. The van der Waals surface area contributed by atoms with Crippen LogP contribution in [0.5, 0.6) is 0 Å². The molecule has 1 amide bonds. The smallest absolute Gasteiger partial charge is 0.250 e. The summed E-state index contributed by atoms with van der Waals surface area (Å²) in [7, 11) is -3.66. The Kier molecular flexibility index (Phi) is 6.89. The topological polar surface area (TPSA) is 101 Å². The van der Waals surface area contributed by atoms with Crippen molar-refractivity contribution < 1.29 is 22.4 Å². The predicted molar refractivity (Wildman–Crippen MR) is 106 cm³/mol. The summed E-state index contributed by atoms with van der Waals surface area (Å²) in [6.07, 6.45) is 0. The van der Waals surface area contributed by atoms with Crippen LogP contribution in [0.15, 0.2) is 32.9 Å². The van der Waals surface area contributed by atoms with Crippen LogP contribution in [0.25, 0.3) is 0 Å². The highest BCUT2D eigenvalue weighted by atomic mass is 32.2. The van der Waals surface area contributed by atoms with Gasteiger partial charge in [-0.2, -0.15) is 0 Å². The zero-order valence-electron chi connectivity index (χ0n) is 15.9. The van der Waals surface area contributed by atoms with Crippen molar-refractivity contribution in [1.29, 1.82) is 0 Å². The Morgan fingerprint density at radius 2 is 2.00 bits per heavy atom. The number of thiophene rings is 1. The second kappa shape index (κ2) is 9.19. The molecule has 0 aromatic carbocycles. The van der Waals surface area contributed by atoms with Gasteiger partial charge >= 0.3 is 0 Å². The summed E-state index contributed by atoms with van der Waals surface area (Å²) < 4.78 is 39.6. The van der Waals surface area contributed by atoms with Crippen LogP contribution in [0.3, 0.4) is 0 Å². The first kappa shape index (κ1) is 21.0. The first-order chi connectivity index (χ1) is 13.3. The van der Waals surface area contributed by atoms with Gasteiger partial charge in [-0.05, 0) is 31.2 Å². The van der Waals surface area contributed by atoms with E-state index in [2.05, 4.69) is 14.9 Å². The fraction of sp³-hybridized carbons (Fsp3) is 0.500. The Labute approximate surface area is 168 Å². The molecule has 0 saturated carbocycles. The zero-order chi connectivity index (χ0) is 20.1. The third kappa shape index (κ3) is 5.42. The van der Waals surface area contributed by atoms with Gasteiger partial charge in [0.15, 0.2) is 0 Å². The first-order valence-electron chi connectivity index (χ1n) is 9.06. The van der Waals surface area contributed by atoms with E-state index >= 15 is 0 Å². The molecule has 1 atom stereocenters. The number of sulfonamides is 1. The third-order valence-electron chi connectivity index (χ3n) is 4.46. The Morgan fingerprint density at radius 3 is 2.64 bits per heavy atom. The number of carbonyl (C=O) groups is 1. The molecule has 0 bridgehead atoms. The zero-order valence-corrected chi connectivity index (χ0v) is 17.6. The second-order valence-corrected chi connectivity index (χ2v) is 9.76. The molecule has 1 aliphatic heterocycles. The summed E-state index contributed by atoms with van der Waals surface area (Å²) in [5, 5.41) is 2.67. The molecule has 10 heteroatoms. The highest BCUT2D eigenvalue weighted by Gasteiger charge is 2.27. The van der Waals surface area contributed by atoms with Crippen molar-refractivity contribution in [2.24, 2.45) is 0 Å². The number of ether oxygens (including phenoxy) is 1. The van der Waals surface area contributed by atoms with E-state index in [1.165, 1.54) is 6.92 Å². The average molecular weight is 428 g/mol. The standard InChI is InChI=1S/C18H25N3O5S2/c1-13-3-5-17(26-13)16(21-7-9-25-10-8-21)12-20-28(23,24)18-6-4-15(27-18)11-19-14(2)22/h3-6,16,20H,7-12H2,1-2H3,(H,19,22). The summed E-state index contributed by atoms with van der Waals surface area (Å²) in [6.45, 7) is 6.46. The molecule has 0 radical (unpaired) electrons. The number of hydrogen-bond donors (Lipinski definition) is 2. The van der Waals surface area contributed by atoms with Gasteiger partial charge in [0.2, 0.25) is 15.9 Å². The molecule has 1 saturated heterocycles. The molecular weight excluding hydrogens is 402 g/mol. The van der Waals surface area contributed by atoms with Crippen LogP contribution >= 0.6 is 11.3 Å². The lowest BCUT2D eigenvalue weighted by Crippen LogP contribution is -2.43. The van der Waals surface area contributed by atoms with E-state index in [1.54, 1.807) is 12.1 Å². The van der Waals surface area contributed by atoms with Crippen LogP contribution in [-0.2, 0) is 26.1 Å². The van der Waals surface area contributed by atoms with Gasteiger partial charge in [-0.25, -0.2) is 13.1 Å². The summed E-state index contributed by atoms with van der Waals surface area (Å²) in [5.74, 6) is 1.37. The Hall–Kier alpha value is -1.72. The van der Waals surface area contributed by atoms with Crippen LogP contribution < -0.4 is 10.0 Å². The van der Waals surface area contributed by atoms with Gasteiger partial charge < -0.3 is 14.5 Å². The number of furan rings is 1.